The lowest BCUT2D eigenvalue weighted by Gasteiger charge is -2.09. The Kier molecular flexibility index (Phi) is 6.24. The second kappa shape index (κ2) is 9.09. The smallest absolute Gasteiger partial charge is 0.230 e. The van der Waals surface area contributed by atoms with Crippen LogP contribution in [0.1, 0.15) is 44.9 Å². The molecule has 1 N–H and O–H groups in total. The summed E-state index contributed by atoms with van der Waals surface area (Å²) in [5.74, 6) is -0.0658. The van der Waals surface area contributed by atoms with Crippen LogP contribution in [0.25, 0.3) is 5.13 Å². The maximum absolute atomic E-state index is 12.6. The Morgan fingerprint density at radius 3 is 2.53 bits per heavy atom. The summed E-state index contributed by atoms with van der Waals surface area (Å²) in [6.07, 6.45) is 1.08. The maximum Gasteiger partial charge on any atom is 0.230 e. The molecule has 0 spiro atoms. The number of nitrogens with zero attached hydrogens (tertiary/aromatic N) is 3. The van der Waals surface area contributed by atoms with E-state index < -0.39 is 0 Å². The van der Waals surface area contributed by atoms with E-state index in [0.29, 0.717) is 0 Å². The van der Waals surface area contributed by atoms with Gasteiger partial charge in [-0.15, -0.1) is 11.3 Å². The lowest BCUT2D eigenvalue weighted by atomic mass is 10.0. The van der Waals surface area contributed by atoms with E-state index in [-0.39, 0.29) is 12.3 Å². The molecule has 0 atom stereocenters. The highest BCUT2D eigenvalue weighted by Crippen LogP contribution is 2.24. The summed E-state index contributed by atoms with van der Waals surface area (Å²) >= 11 is 1.51. The highest BCUT2D eigenvalue weighted by atomic mass is 32.1. The van der Waals surface area contributed by atoms with E-state index in [4.69, 9.17) is 10.1 Å². The van der Waals surface area contributed by atoms with Crippen LogP contribution in [0.3, 0.4) is 0 Å². The Hall–Kier alpha value is -3.25. The first kappa shape index (κ1) is 22.0. The Morgan fingerprint density at radius 2 is 1.78 bits per heavy atom. The summed E-state index contributed by atoms with van der Waals surface area (Å²) < 4.78 is 1.90. The van der Waals surface area contributed by atoms with E-state index >= 15 is 0 Å². The molecule has 32 heavy (non-hydrogen) atoms. The van der Waals surface area contributed by atoms with Gasteiger partial charge >= 0.3 is 0 Å². The fourth-order valence-corrected chi connectivity index (χ4v) is 4.57. The summed E-state index contributed by atoms with van der Waals surface area (Å²) in [4.78, 5) is 17.3. The van der Waals surface area contributed by atoms with Crippen molar-refractivity contribution in [2.24, 2.45) is 0 Å². The predicted octanol–water partition coefficient (Wildman–Crippen LogP) is 5.64. The Labute approximate surface area is 193 Å². The normalized spacial score (nSPS) is 11.0. The zero-order valence-corrected chi connectivity index (χ0v) is 20.0. The van der Waals surface area contributed by atoms with Gasteiger partial charge < -0.3 is 5.32 Å². The molecule has 2 aromatic carbocycles. The van der Waals surface area contributed by atoms with Crippen molar-refractivity contribution in [1.82, 2.24) is 14.8 Å². The number of hydrogen-bond acceptors (Lipinski definition) is 4. The molecule has 0 saturated heterocycles. The van der Waals surface area contributed by atoms with Gasteiger partial charge in [0.05, 0.1) is 17.8 Å². The zero-order chi connectivity index (χ0) is 22.8. The molecule has 6 heteroatoms. The topological polar surface area (TPSA) is 59.8 Å². The van der Waals surface area contributed by atoms with E-state index in [9.17, 15) is 4.79 Å². The van der Waals surface area contributed by atoms with Gasteiger partial charge in [-0.1, -0.05) is 42.0 Å². The van der Waals surface area contributed by atoms with Crippen molar-refractivity contribution in [3.63, 3.8) is 0 Å². The molecular formula is C26H28N4OS. The van der Waals surface area contributed by atoms with Crippen molar-refractivity contribution in [3.05, 3.63) is 92.7 Å². The van der Waals surface area contributed by atoms with Crippen molar-refractivity contribution in [2.45, 2.75) is 47.5 Å². The summed E-state index contributed by atoms with van der Waals surface area (Å²) in [6.45, 7) is 10.3. The quantitative estimate of drug-likeness (QED) is 0.418. The number of anilines is 1. The van der Waals surface area contributed by atoms with Crippen LogP contribution in [0.15, 0.2) is 47.8 Å². The molecule has 4 rings (SSSR count). The van der Waals surface area contributed by atoms with Gasteiger partial charge in [0.1, 0.15) is 0 Å². The van der Waals surface area contributed by atoms with Gasteiger partial charge in [-0.05, 0) is 57.4 Å². The molecule has 0 saturated carbocycles. The summed E-state index contributed by atoms with van der Waals surface area (Å²) in [6, 6.07) is 14.5. The minimum absolute atomic E-state index is 0.0658. The van der Waals surface area contributed by atoms with Crippen LogP contribution < -0.4 is 5.32 Å². The molecule has 2 aromatic heterocycles. The molecule has 0 aliphatic rings. The third kappa shape index (κ3) is 4.65. The number of benzene rings is 2. The zero-order valence-electron chi connectivity index (χ0n) is 19.2. The molecule has 0 aliphatic carbocycles. The first-order chi connectivity index (χ1) is 15.3. The van der Waals surface area contributed by atoms with Crippen LogP contribution in [0, 0.1) is 34.6 Å². The number of thiazole rings is 1. The maximum atomic E-state index is 12.6. The van der Waals surface area contributed by atoms with Gasteiger partial charge in [0.15, 0.2) is 0 Å². The molecule has 5 nitrogen and oxygen atoms in total. The number of carbonyl (C=O) groups is 1. The highest BCUT2D eigenvalue weighted by molar-refractivity contribution is 7.12. The fourth-order valence-electron chi connectivity index (χ4n) is 3.75. The van der Waals surface area contributed by atoms with Gasteiger partial charge in [0.25, 0.3) is 0 Å². The number of amides is 1. The van der Waals surface area contributed by atoms with Crippen LogP contribution in [-0.4, -0.2) is 20.7 Å². The number of aromatic nitrogens is 3. The first-order valence-corrected chi connectivity index (χ1v) is 11.6. The van der Waals surface area contributed by atoms with Gasteiger partial charge in [0, 0.05) is 28.7 Å². The monoisotopic (exact) mass is 444 g/mol. The first-order valence-electron chi connectivity index (χ1n) is 10.7. The lowest BCUT2D eigenvalue weighted by Crippen LogP contribution is -2.15. The largest absolute Gasteiger partial charge is 0.325 e. The van der Waals surface area contributed by atoms with Crippen LogP contribution in [0.5, 0.6) is 0 Å². The number of nitrogens with one attached hydrogen (secondary N) is 1. The standard InChI is InChI=1S/C26H28N4OS/c1-16-9-11-21(12-10-16)13-23-19(4)29-30(20(23)5)26-27-22(15-32-26)14-25(31)28-24-8-6-7-17(2)18(24)3/h6-12,15H,13-14H2,1-5H3,(H,28,31). The number of rotatable bonds is 6. The average Bonchev–Trinajstić information content (AvgIpc) is 3.32. The van der Waals surface area contributed by atoms with Gasteiger partial charge in [-0.25, -0.2) is 9.67 Å². The van der Waals surface area contributed by atoms with Gasteiger partial charge in [-0.2, -0.15) is 5.10 Å². The van der Waals surface area contributed by atoms with E-state index in [1.54, 1.807) is 0 Å². The van der Waals surface area contributed by atoms with E-state index in [1.807, 2.05) is 49.0 Å². The molecule has 164 valence electrons. The van der Waals surface area contributed by atoms with Crippen molar-refractivity contribution in [2.75, 3.05) is 5.32 Å². The van der Waals surface area contributed by atoms with Crippen LogP contribution in [0.4, 0.5) is 5.69 Å². The van der Waals surface area contributed by atoms with Crippen molar-refractivity contribution in [3.8, 4) is 5.13 Å². The number of hydrogen-bond donors (Lipinski definition) is 1. The Bertz CT molecular complexity index is 1270. The van der Waals surface area contributed by atoms with E-state index in [2.05, 4.69) is 43.4 Å². The number of aryl methyl sites for hydroxylation is 3. The summed E-state index contributed by atoms with van der Waals surface area (Å²) in [5.41, 5.74) is 9.69. The summed E-state index contributed by atoms with van der Waals surface area (Å²) in [5, 5.41) is 10.5. The molecule has 0 radical (unpaired) electrons. The van der Waals surface area contributed by atoms with E-state index in [0.717, 1.165) is 45.4 Å². The molecule has 2 heterocycles. The second-order valence-corrected chi connectivity index (χ2v) is 9.15. The van der Waals surface area contributed by atoms with Gasteiger partial charge in [-0.3, -0.25) is 4.79 Å². The van der Waals surface area contributed by atoms with Crippen molar-refractivity contribution in [1.29, 1.82) is 0 Å². The predicted molar refractivity (Wildman–Crippen MR) is 131 cm³/mol. The fraction of sp³-hybridized carbons (Fsp3) is 0.269. The Morgan fingerprint density at radius 1 is 1.03 bits per heavy atom. The molecule has 0 aliphatic heterocycles. The minimum atomic E-state index is -0.0658. The highest BCUT2D eigenvalue weighted by Gasteiger charge is 2.17. The van der Waals surface area contributed by atoms with Crippen LogP contribution in [-0.2, 0) is 17.6 Å². The van der Waals surface area contributed by atoms with Gasteiger partial charge in [0.2, 0.25) is 11.0 Å². The molecular weight excluding hydrogens is 416 g/mol. The molecule has 0 fully saturated rings. The molecule has 0 unspecified atom stereocenters. The minimum Gasteiger partial charge on any atom is -0.325 e. The summed E-state index contributed by atoms with van der Waals surface area (Å²) in [7, 11) is 0. The third-order valence-corrected chi connectivity index (χ3v) is 6.75. The molecule has 1 amide bonds. The average molecular weight is 445 g/mol. The van der Waals surface area contributed by atoms with Crippen LogP contribution >= 0.6 is 11.3 Å². The van der Waals surface area contributed by atoms with Crippen LogP contribution in [0.2, 0.25) is 0 Å². The molecule has 0 bridgehead atoms. The number of carbonyl (C=O) groups excluding carboxylic acids is 1. The second-order valence-electron chi connectivity index (χ2n) is 8.32. The SMILES string of the molecule is Cc1ccc(Cc2c(C)nn(-c3nc(CC(=O)Nc4cccc(C)c4C)cs3)c2C)cc1. The van der Waals surface area contributed by atoms with E-state index in [1.165, 1.54) is 28.0 Å². The van der Waals surface area contributed by atoms with Crippen molar-refractivity contribution >= 4 is 22.9 Å². The Balaban J connectivity index is 1.49. The third-order valence-electron chi connectivity index (χ3n) is 5.88. The lowest BCUT2D eigenvalue weighted by molar-refractivity contribution is -0.115. The van der Waals surface area contributed by atoms with Crippen molar-refractivity contribution < 1.29 is 4.79 Å². The molecule has 4 aromatic rings.